The van der Waals surface area contributed by atoms with Gasteiger partial charge in [-0.05, 0) is 108 Å². The molecular weight excluding hydrogens is 894 g/mol. The summed E-state index contributed by atoms with van der Waals surface area (Å²) in [4.78, 5) is 0. The Kier molecular flexibility index (Phi) is 24.1. The summed E-state index contributed by atoms with van der Waals surface area (Å²) in [5.41, 5.74) is -6.04. The van der Waals surface area contributed by atoms with Crippen LogP contribution in [-0.4, -0.2) is 86.8 Å². The number of hydrogen-bond donors (Lipinski definition) is 0. The minimum Gasteiger partial charge on any atom is -0.429 e. The van der Waals surface area contributed by atoms with Crippen LogP contribution in [0.3, 0.4) is 0 Å². The summed E-state index contributed by atoms with van der Waals surface area (Å²) < 4.78 is 157. The molecule has 0 aromatic carbocycles. The molecule has 0 spiro atoms. The van der Waals surface area contributed by atoms with E-state index in [1.807, 2.05) is 0 Å². The Labute approximate surface area is 352 Å². The monoisotopic (exact) mass is 964 g/mol. The minimum atomic E-state index is -4.32. The molecule has 348 valence electrons. The molecule has 10 atom stereocenters. The van der Waals surface area contributed by atoms with E-state index in [9.17, 15) is 18.3 Å². The molecular formula is C35H70O18P6. The van der Waals surface area contributed by atoms with Gasteiger partial charge in [-0.15, -0.1) is 0 Å². The standard InChI is InChI=1S/C35H70O18P6/c1-11-42-54(36)30(9)22-24-34(56(38,44-13-3)45-14-4)32(58(40,48-17-7)52-28-26-50-54)20-19-21-33-35(57(39,46-15-5)47-16-6)25-23-31(10)55(37,43-12-2)51-27-29-53-59(33,41)49-18-8/h26-35H,11-25H2,1-10H3/b28-26-,29-27-. The Morgan fingerprint density at radius 1 is 0.458 bits per heavy atom. The molecule has 0 fully saturated rings. The van der Waals surface area contributed by atoms with Crippen molar-refractivity contribution in [2.45, 2.75) is 148 Å². The summed E-state index contributed by atoms with van der Waals surface area (Å²) in [5, 5.41) is 0. The summed E-state index contributed by atoms with van der Waals surface area (Å²) in [6, 6.07) is 0. The van der Waals surface area contributed by atoms with Crippen molar-refractivity contribution in [1.29, 1.82) is 0 Å². The fourth-order valence-electron chi connectivity index (χ4n) is 7.19. The molecule has 0 aromatic rings. The Balaban J connectivity index is 2.86. The topological polar surface area (TPSA) is 213 Å². The van der Waals surface area contributed by atoms with E-state index in [0.717, 1.165) is 25.0 Å². The van der Waals surface area contributed by atoms with Crippen LogP contribution in [0, 0.1) is 0 Å². The van der Waals surface area contributed by atoms with Crippen molar-refractivity contribution >= 4 is 45.6 Å². The van der Waals surface area contributed by atoms with Crippen LogP contribution in [0.4, 0.5) is 0 Å². The van der Waals surface area contributed by atoms with Gasteiger partial charge in [-0.1, -0.05) is 6.42 Å². The predicted molar refractivity (Wildman–Crippen MR) is 228 cm³/mol. The fourth-order valence-corrected chi connectivity index (χ4v) is 20.8. The molecule has 18 nitrogen and oxygen atoms in total. The molecule has 10 unspecified atom stereocenters. The van der Waals surface area contributed by atoms with Crippen molar-refractivity contribution in [3.05, 3.63) is 25.0 Å². The maximum Gasteiger partial charge on any atom is 0.382 e. The molecule has 2 rings (SSSR count). The highest BCUT2D eigenvalue weighted by Gasteiger charge is 2.54. The average Bonchev–Trinajstić information content (AvgIpc) is 3.19. The van der Waals surface area contributed by atoms with Gasteiger partial charge in [-0.3, -0.25) is 27.2 Å². The van der Waals surface area contributed by atoms with Gasteiger partial charge >= 0.3 is 45.6 Å². The lowest BCUT2D eigenvalue weighted by Gasteiger charge is -2.37. The third-order valence-corrected chi connectivity index (χ3v) is 25.2. The molecule has 0 amide bonds. The van der Waals surface area contributed by atoms with Gasteiger partial charge in [0.05, 0.1) is 86.8 Å². The van der Waals surface area contributed by atoms with Crippen LogP contribution in [0.2, 0.25) is 0 Å². The molecule has 0 radical (unpaired) electrons. The summed E-state index contributed by atoms with van der Waals surface area (Å²) >= 11 is 0. The normalized spacial score (nSPS) is 35.1. The highest BCUT2D eigenvalue weighted by Crippen LogP contribution is 2.70. The van der Waals surface area contributed by atoms with Crippen LogP contribution in [0.5, 0.6) is 0 Å². The molecule has 0 aromatic heterocycles. The predicted octanol–water partition coefficient (Wildman–Crippen LogP) is 12.5. The molecule has 59 heavy (non-hydrogen) atoms. The first kappa shape index (κ1) is 54.9. The van der Waals surface area contributed by atoms with Crippen LogP contribution >= 0.6 is 45.6 Å². The first-order chi connectivity index (χ1) is 27.9. The fraction of sp³-hybridized carbons (Fsp3) is 0.886. The maximum absolute atomic E-state index is 15.1. The van der Waals surface area contributed by atoms with E-state index in [0.29, 0.717) is 0 Å². The lowest BCUT2D eigenvalue weighted by atomic mass is 10.0. The van der Waals surface area contributed by atoms with E-state index >= 15 is 9.13 Å². The third-order valence-electron chi connectivity index (χ3n) is 9.77. The molecule has 0 saturated carbocycles. The zero-order valence-corrected chi connectivity index (χ0v) is 41.8. The van der Waals surface area contributed by atoms with E-state index in [1.54, 1.807) is 69.2 Å². The van der Waals surface area contributed by atoms with E-state index in [2.05, 4.69) is 0 Å². The summed E-state index contributed by atoms with van der Waals surface area (Å²) in [6.07, 6.45) is 4.24. The highest BCUT2D eigenvalue weighted by atomic mass is 31.2. The van der Waals surface area contributed by atoms with Gasteiger partial charge < -0.3 is 36.2 Å². The van der Waals surface area contributed by atoms with E-state index in [4.69, 9.17) is 54.3 Å². The van der Waals surface area contributed by atoms with Gasteiger partial charge in [0.2, 0.25) is 0 Å². The molecule has 2 aliphatic heterocycles. The van der Waals surface area contributed by atoms with Gasteiger partial charge in [0.1, 0.15) is 25.0 Å². The van der Waals surface area contributed by atoms with Crippen molar-refractivity contribution in [3.63, 3.8) is 0 Å². The summed E-state index contributed by atoms with van der Waals surface area (Å²) in [6.45, 7) is 16.6. The minimum absolute atomic E-state index is 0.00897. The zero-order chi connectivity index (χ0) is 44.4. The van der Waals surface area contributed by atoms with Gasteiger partial charge in [0.15, 0.2) is 0 Å². The van der Waals surface area contributed by atoms with Gasteiger partial charge in [0.25, 0.3) is 0 Å². The molecule has 24 heteroatoms. The number of rotatable bonds is 22. The van der Waals surface area contributed by atoms with E-state index < -0.39 is 79.5 Å². The van der Waals surface area contributed by atoms with Crippen LogP contribution in [0.1, 0.15) is 114 Å². The van der Waals surface area contributed by atoms with Gasteiger partial charge in [-0.25, -0.2) is 18.3 Å². The van der Waals surface area contributed by atoms with Crippen molar-refractivity contribution in [2.24, 2.45) is 0 Å². The second-order valence-corrected chi connectivity index (χ2v) is 27.4. The zero-order valence-electron chi connectivity index (χ0n) is 36.4. The second-order valence-electron chi connectivity index (χ2n) is 13.6. The molecule has 0 saturated heterocycles. The van der Waals surface area contributed by atoms with Crippen LogP contribution in [0.15, 0.2) is 25.0 Å². The highest BCUT2D eigenvalue weighted by molar-refractivity contribution is 7.60. The molecule has 0 N–H and O–H groups in total. The van der Waals surface area contributed by atoms with Gasteiger partial charge in [0, 0.05) is 0 Å². The SMILES string of the molecule is CCOP1(=O)O/C=C\OP(=O)(OCC)C(CCCC2C(P(=O)(OCC)OCC)CCC(C)P(=O)(OCC)O/C=C\OP2(=O)OCC)C(P(=O)(OCC)OCC)CCC1C. The molecule has 0 aliphatic carbocycles. The quantitative estimate of drug-likeness (QED) is 0.0922. The Morgan fingerprint density at radius 2 is 0.729 bits per heavy atom. The number of hydrogen-bond acceptors (Lipinski definition) is 18. The van der Waals surface area contributed by atoms with Crippen LogP contribution in [-0.2, 0) is 81.7 Å². The summed E-state index contributed by atoms with van der Waals surface area (Å²) in [7, 11) is -24.5. The van der Waals surface area contributed by atoms with Crippen molar-refractivity contribution < 1.29 is 81.7 Å². The first-order valence-electron chi connectivity index (χ1n) is 20.7. The summed E-state index contributed by atoms with van der Waals surface area (Å²) in [5.74, 6) is 0. The van der Waals surface area contributed by atoms with E-state index in [-0.39, 0.29) is 97.8 Å². The van der Waals surface area contributed by atoms with Crippen LogP contribution < -0.4 is 0 Å². The molecule has 0 bridgehead atoms. The Morgan fingerprint density at radius 3 is 1.00 bits per heavy atom. The smallest absolute Gasteiger partial charge is 0.382 e. The molecule has 2 aliphatic rings. The van der Waals surface area contributed by atoms with Crippen LogP contribution in [0.25, 0.3) is 0 Å². The van der Waals surface area contributed by atoms with E-state index in [1.165, 1.54) is 0 Å². The lowest BCUT2D eigenvalue weighted by molar-refractivity contribution is 0.198. The average molecular weight is 965 g/mol. The van der Waals surface area contributed by atoms with Gasteiger partial charge in [-0.2, -0.15) is 0 Å². The third kappa shape index (κ3) is 14.9. The van der Waals surface area contributed by atoms with Crippen molar-refractivity contribution in [1.82, 2.24) is 0 Å². The first-order valence-corrected chi connectivity index (χ1v) is 30.4. The maximum atomic E-state index is 15.1. The molecule has 2 heterocycles. The Bertz CT molecular complexity index is 1470. The Hall–Kier alpha value is -0.260. The lowest BCUT2D eigenvalue weighted by Crippen LogP contribution is -2.33. The largest absolute Gasteiger partial charge is 0.429 e. The van der Waals surface area contributed by atoms with Crippen molar-refractivity contribution in [2.75, 3.05) is 52.9 Å². The van der Waals surface area contributed by atoms with Crippen molar-refractivity contribution in [3.8, 4) is 0 Å². The second kappa shape index (κ2) is 25.9.